The molecule has 0 aromatic carbocycles. The lowest BCUT2D eigenvalue weighted by atomic mass is 10.2. The smallest absolute Gasteiger partial charge is 0.252 e. The van der Waals surface area contributed by atoms with Crippen molar-refractivity contribution in [2.24, 2.45) is 0 Å². The summed E-state index contributed by atoms with van der Waals surface area (Å²) in [5.74, 6) is 0.710. The Morgan fingerprint density at radius 3 is 2.87 bits per heavy atom. The monoisotopic (exact) mass is 200 g/mol. The van der Waals surface area contributed by atoms with Crippen molar-refractivity contribution in [1.29, 1.82) is 5.26 Å². The molecule has 0 radical (unpaired) electrons. The van der Waals surface area contributed by atoms with E-state index in [1.807, 2.05) is 13.0 Å². The molecule has 0 aliphatic heterocycles. The average Bonchev–Trinajstić information content (AvgIpc) is 2.70. The molecular weight excluding hydrogens is 192 g/mol. The number of hydrogen-bond donors (Lipinski definition) is 1. The van der Waals surface area contributed by atoms with Crippen LogP contribution in [0.2, 0.25) is 0 Å². The molecule has 2 N–H and O–H groups in total. The summed E-state index contributed by atoms with van der Waals surface area (Å²) in [6, 6.07) is 3.63. The summed E-state index contributed by atoms with van der Waals surface area (Å²) in [5, 5.41) is 12.5. The fraction of sp³-hybridized carbons (Fsp3) is 0.111. The van der Waals surface area contributed by atoms with Crippen molar-refractivity contribution in [1.82, 2.24) is 19.7 Å². The van der Waals surface area contributed by atoms with Crippen LogP contribution in [0.4, 0.5) is 5.69 Å². The second-order valence-corrected chi connectivity index (χ2v) is 3.02. The molecule has 0 atom stereocenters. The third-order valence-corrected chi connectivity index (χ3v) is 1.96. The van der Waals surface area contributed by atoms with Crippen molar-refractivity contribution < 1.29 is 0 Å². The van der Waals surface area contributed by atoms with Gasteiger partial charge in [-0.1, -0.05) is 0 Å². The Morgan fingerprint density at radius 2 is 2.27 bits per heavy atom. The molecule has 0 saturated heterocycles. The van der Waals surface area contributed by atoms with Gasteiger partial charge in [-0.15, -0.1) is 5.10 Å². The number of hydrogen-bond acceptors (Lipinski definition) is 5. The summed E-state index contributed by atoms with van der Waals surface area (Å²) in [4.78, 5) is 7.87. The van der Waals surface area contributed by atoms with Crippen molar-refractivity contribution >= 4 is 5.69 Å². The van der Waals surface area contributed by atoms with Gasteiger partial charge in [-0.25, -0.2) is 14.6 Å². The van der Waals surface area contributed by atoms with Gasteiger partial charge in [-0.2, -0.15) is 5.26 Å². The van der Waals surface area contributed by atoms with Crippen LogP contribution in [0.1, 0.15) is 11.4 Å². The summed E-state index contributed by atoms with van der Waals surface area (Å²) in [6.45, 7) is 1.88. The van der Waals surface area contributed by atoms with Crippen LogP contribution in [0.3, 0.4) is 0 Å². The minimum Gasteiger partial charge on any atom is -0.397 e. The van der Waals surface area contributed by atoms with Crippen molar-refractivity contribution in [2.45, 2.75) is 6.92 Å². The van der Waals surface area contributed by atoms with E-state index in [1.54, 1.807) is 12.3 Å². The van der Waals surface area contributed by atoms with Gasteiger partial charge in [0.25, 0.3) is 5.82 Å². The van der Waals surface area contributed by atoms with E-state index in [-0.39, 0.29) is 5.82 Å². The van der Waals surface area contributed by atoms with Gasteiger partial charge in [0.15, 0.2) is 5.82 Å². The Hall–Kier alpha value is -2.42. The number of anilines is 1. The van der Waals surface area contributed by atoms with Crippen LogP contribution in [0.15, 0.2) is 18.6 Å². The molecular formula is C9H8N6. The van der Waals surface area contributed by atoms with Gasteiger partial charge in [0, 0.05) is 0 Å². The van der Waals surface area contributed by atoms with Gasteiger partial charge in [-0.05, 0) is 18.6 Å². The number of nitrogens with two attached hydrogens (primary N) is 1. The van der Waals surface area contributed by atoms with Crippen LogP contribution in [0.5, 0.6) is 0 Å². The van der Waals surface area contributed by atoms with Crippen LogP contribution in [-0.4, -0.2) is 19.7 Å². The molecule has 15 heavy (non-hydrogen) atoms. The number of nitrogen functional groups attached to an aromatic ring is 1. The van der Waals surface area contributed by atoms with Gasteiger partial charge in [0.05, 0.1) is 11.9 Å². The molecule has 0 spiro atoms. The average molecular weight is 200 g/mol. The highest BCUT2D eigenvalue weighted by Crippen LogP contribution is 2.11. The predicted octanol–water partition coefficient (Wildman–Crippen LogP) is 0.425. The van der Waals surface area contributed by atoms with Crippen LogP contribution < -0.4 is 5.73 Å². The third kappa shape index (κ3) is 1.62. The van der Waals surface area contributed by atoms with Crippen molar-refractivity contribution in [3.63, 3.8) is 0 Å². The first kappa shape index (κ1) is 9.15. The van der Waals surface area contributed by atoms with E-state index < -0.39 is 0 Å². The van der Waals surface area contributed by atoms with Crippen LogP contribution >= 0.6 is 0 Å². The second-order valence-electron chi connectivity index (χ2n) is 3.02. The quantitative estimate of drug-likeness (QED) is 0.720. The summed E-state index contributed by atoms with van der Waals surface area (Å²) in [7, 11) is 0. The fourth-order valence-corrected chi connectivity index (χ4v) is 1.10. The molecule has 0 fully saturated rings. The molecule has 0 aliphatic rings. The molecule has 0 saturated carbocycles. The van der Waals surface area contributed by atoms with E-state index in [2.05, 4.69) is 15.1 Å². The number of aryl methyl sites for hydroxylation is 1. The summed E-state index contributed by atoms with van der Waals surface area (Å²) >= 11 is 0. The molecule has 74 valence electrons. The van der Waals surface area contributed by atoms with E-state index in [0.717, 1.165) is 5.56 Å². The minimum atomic E-state index is 0.117. The van der Waals surface area contributed by atoms with Crippen molar-refractivity contribution in [3.05, 3.63) is 30.0 Å². The van der Waals surface area contributed by atoms with Crippen LogP contribution in [-0.2, 0) is 0 Å². The highest BCUT2D eigenvalue weighted by Gasteiger charge is 2.04. The van der Waals surface area contributed by atoms with Gasteiger partial charge < -0.3 is 5.73 Å². The SMILES string of the molecule is Cc1cc(-n2cnc(C#N)n2)ncc1N. The summed E-state index contributed by atoms with van der Waals surface area (Å²) in [6.07, 6.45) is 2.99. The van der Waals surface area contributed by atoms with E-state index in [1.165, 1.54) is 11.0 Å². The standard InChI is InChI=1S/C9H8N6/c1-6-2-9(12-4-7(6)11)15-5-13-8(3-10)14-15/h2,4-5H,11H2,1H3. The Balaban J connectivity index is 2.46. The molecule has 2 heterocycles. The number of pyridine rings is 1. The maximum Gasteiger partial charge on any atom is 0.252 e. The predicted molar refractivity (Wildman–Crippen MR) is 53.0 cm³/mol. The highest BCUT2D eigenvalue weighted by molar-refractivity contribution is 5.46. The molecule has 2 aromatic heterocycles. The van der Waals surface area contributed by atoms with Gasteiger partial charge in [-0.3, -0.25) is 0 Å². The van der Waals surface area contributed by atoms with E-state index >= 15 is 0 Å². The zero-order chi connectivity index (χ0) is 10.8. The number of nitriles is 1. The Kier molecular flexibility index (Phi) is 2.06. The first-order valence-electron chi connectivity index (χ1n) is 4.25. The first-order chi connectivity index (χ1) is 7.20. The first-order valence-corrected chi connectivity index (χ1v) is 4.25. The Morgan fingerprint density at radius 1 is 1.47 bits per heavy atom. The Labute approximate surface area is 86.0 Å². The van der Waals surface area contributed by atoms with Crippen molar-refractivity contribution in [2.75, 3.05) is 5.73 Å². The zero-order valence-electron chi connectivity index (χ0n) is 8.05. The fourth-order valence-electron chi connectivity index (χ4n) is 1.10. The molecule has 0 unspecified atom stereocenters. The lowest BCUT2D eigenvalue weighted by Crippen LogP contribution is -2.01. The molecule has 6 nitrogen and oxygen atoms in total. The zero-order valence-corrected chi connectivity index (χ0v) is 8.05. The van der Waals surface area contributed by atoms with Gasteiger partial charge in [0.2, 0.25) is 0 Å². The number of rotatable bonds is 1. The van der Waals surface area contributed by atoms with E-state index in [4.69, 9.17) is 11.0 Å². The van der Waals surface area contributed by atoms with Crippen molar-refractivity contribution in [3.8, 4) is 11.9 Å². The molecule has 0 aliphatic carbocycles. The molecule has 0 amide bonds. The number of nitrogens with zero attached hydrogens (tertiary/aromatic N) is 5. The van der Waals surface area contributed by atoms with Crippen LogP contribution in [0, 0.1) is 18.3 Å². The van der Waals surface area contributed by atoms with Crippen LogP contribution in [0.25, 0.3) is 5.82 Å². The minimum absolute atomic E-state index is 0.117. The van der Waals surface area contributed by atoms with Gasteiger partial charge >= 0.3 is 0 Å². The second kappa shape index (κ2) is 3.38. The lowest BCUT2D eigenvalue weighted by Gasteiger charge is -2.02. The molecule has 2 rings (SSSR count). The largest absolute Gasteiger partial charge is 0.397 e. The lowest BCUT2D eigenvalue weighted by molar-refractivity contribution is 0.839. The molecule has 2 aromatic rings. The van der Waals surface area contributed by atoms with E-state index in [0.29, 0.717) is 11.5 Å². The normalized spacial score (nSPS) is 9.87. The summed E-state index contributed by atoms with van der Waals surface area (Å²) < 4.78 is 1.44. The van der Waals surface area contributed by atoms with E-state index in [9.17, 15) is 0 Å². The number of aromatic nitrogens is 4. The maximum absolute atomic E-state index is 8.57. The highest BCUT2D eigenvalue weighted by atomic mass is 15.4. The summed E-state index contributed by atoms with van der Waals surface area (Å²) in [5.41, 5.74) is 7.17. The maximum atomic E-state index is 8.57. The van der Waals surface area contributed by atoms with Gasteiger partial charge in [0.1, 0.15) is 12.4 Å². The molecule has 6 heteroatoms. The third-order valence-electron chi connectivity index (χ3n) is 1.96. The topological polar surface area (TPSA) is 93.4 Å². The molecule has 0 bridgehead atoms. The Bertz CT molecular complexity index is 536.